The van der Waals surface area contributed by atoms with Crippen molar-refractivity contribution in [1.29, 1.82) is 0 Å². The van der Waals surface area contributed by atoms with Crippen LogP contribution in [0.5, 0.6) is 0 Å². The summed E-state index contributed by atoms with van der Waals surface area (Å²) in [6, 6.07) is 5.40. The van der Waals surface area contributed by atoms with Crippen molar-refractivity contribution in [3.8, 4) is 0 Å². The average molecular weight is 472 g/mol. The third kappa shape index (κ3) is 4.71. The molecule has 3 heterocycles. The highest BCUT2D eigenvalue weighted by Gasteiger charge is 2.58. The van der Waals surface area contributed by atoms with Crippen LogP contribution in [0.1, 0.15) is 35.6 Å². The van der Waals surface area contributed by atoms with Crippen molar-refractivity contribution in [3.63, 3.8) is 0 Å². The van der Waals surface area contributed by atoms with Crippen LogP contribution in [0.4, 0.5) is 5.95 Å². The number of aromatic nitrogens is 5. The van der Waals surface area contributed by atoms with Crippen LogP contribution in [-0.2, 0) is 17.8 Å². The SMILES string of the molecule is O=C(CCCc1cnc(NCc2cc(Cl)cc(Cl)c2)nc1)N1C[C@@H]2C(c3cn[nH]n3)[C@@H]2C1. The summed E-state index contributed by atoms with van der Waals surface area (Å²) >= 11 is 12.1. The minimum atomic E-state index is 0.232. The largest absolute Gasteiger partial charge is 0.350 e. The Morgan fingerprint density at radius 3 is 2.44 bits per heavy atom. The molecule has 32 heavy (non-hydrogen) atoms. The van der Waals surface area contributed by atoms with E-state index < -0.39 is 0 Å². The first-order valence-electron chi connectivity index (χ1n) is 10.7. The van der Waals surface area contributed by atoms with Crippen LogP contribution in [-0.4, -0.2) is 49.3 Å². The highest BCUT2D eigenvalue weighted by Crippen LogP contribution is 2.57. The number of nitrogens with one attached hydrogen (secondary N) is 2. The molecule has 10 heteroatoms. The molecular formula is C22H23Cl2N7O. The van der Waals surface area contributed by atoms with Gasteiger partial charge in [0.25, 0.3) is 0 Å². The topological polar surface area (TPSA) is 99.7 Å². The maximum absolute atomic E-state index is 12.5. The summed E-state index contributed by atoms with van der Waals surface area (Å²) in [6.07, 6.45) is 7.51. The Morgan fingerprint density at radius 2 is 1.78 bits per heavy atom. The molecule has 2 aromatic heterocycles. The summed E-state index contributed by atoms with van der Waals surface area (Å²) in [5, 5.41) is 15.1. The normalized spacial score (nSPS) is 21.4. The zero-order chi connectivity index (χ0) is 22.1. The number of aryl methyl sites for hydroxylation is 1. The predicted molar refractivity (Wildman–Crippen MR) is 121 cm³/mol. The van der Waals surface area contributed by atoms with Gasteiger partial charge in [-0.15, -0.1) is 0 Å². The number of fused-ring (bicyclic) bond motifs is 1. The molecule has 1 saturated carbocycles. The Bertz CT molecular complexity index is 1060. The molecule has 1 unspecified atom stereocenters. The number of halogens is 2. The lowest BCUT2D eigenvalue weighted by Crippen LogP contribution is -2.31. The monoisotopic (exact) mass is 471 g/mol. The number of carbonyl (C=O) groups is 1. The summed E-state index contributed by atoms with van der Waals surface area (Å²) in [4.78, 5) is 23.3. The Balaban J connectivity index is 1.03. The maximum atomic E-state index is 12.5. The number of rotatable bonds is 8. The second-order valence-electron chi connectivity index (χ2n) is 8.45. The smallest absolute Gasteiger partial charge is 0.222 e. The number of benzene rings is 1. The number of nitrogens with zero attached hydrogens (tertiary/aromatic N) is 5. The fourth-order valence-corrected chi connectivity index (χ4v) is 5.18. The van der Waals surface area contributed by atoms with Gasteiger partial charge in [0.1, 0.15) is 0 Å². The number of piperidine rings is 1. The number of carbonyl (C=O) groups excluding carboxylic acids is 1. The summed E-state index contributed by atoms with van der Waals surface area (Å²) in [5.41, 5.74) is 3.01. The van der Waals surface area contributed by atoms with E-state index in [4.69, 9.17) is 23.2 Å². The van der Waals surface area contributed by atoms with Crippen LogP contribution in [0.2, 0.25) is 10.0 Å². The molecule has 0 spiro atoms. The van der Waals surface area contributed by atoms with Gasteiger partial charge in [0.15, 0.2) is 0 Å². The summed E-state index contributed by atoms with van der Waals surface area (Å²) in [6.45, 7) is 2.20. The van der Waals surface area contributed by atoms with Crippen LogP contribution < -0.4 is 5.32 Å². The number of H-pyrrole nitrogens is 1. The Hall–Kier alpha value is -2.71. The zero-order valence-corrected chi connectivity index (χ0v) is 18.9. The highest BCUT2D eigenvalue weighted by molar-refractivity contribution is 6.34. The molecule has 2 aliphatic rings. The molecule has 8 nitrogen and oxygen atoms in total. The first-order valence-corrected chi connectivity index (χ1v) is 11.5. The molecule has 0 bridgehead atoms. The van der Waals surface area contributed by atoms with Crippen LogP contribution >= 0.6 is 23.2 Å². The number of anilines is 1. The van der Waals surface area contributed by atoms with E-state index in [2.05, 4.69) is 30.7 Å². The average Bonchev–Trinajstić information content (AvgIpc) is 3.17. The molecule has 3 aromatic rings. The minimum absolute atomic E-state index is 0.232. The lowest BCUT2D eigenvalue weighted by atomic mass is 10.1. The first kappa shape index (κ1) is 21.2. The number of amides is 1. The van der Waals surface area contributed by atoms with Crippen molar-refractivity contribution >= 4 is 35.1 Å². The molecule has 0 radical (unpaired) electrons. The van der Waals surface area contributed by atoms with Crippen molar-refractivity contribution in [2.24, 2.45) is 11.8 Å². The molecule has 166 valence electrons. The van der Waals surface area contributed by atoms with E-state index in [1.54, 1.807) is 24.7 Å². The Labute approximate surface area is 195 Å². The van der Waals surface area contributed by atoms with Crippen LogP contribution in [0.25, 0.3) is 0 Å². The fourth-order valence-electron chi connectivity index (χ4n) is 4.61. The quantitative estimate of drug-likeness (QED) is 0.519. The van der Waals surface area contributed by atoms with Gasteiger partial charge in [-0.25, -0.2) is 9.97 Å². The second kappa shape index (κ2) is 9.03. The lowest BCUT2D eigenvalue weighted by Gasteiger charge is -2.19. The lowest BCUT2D eigenvalue weighted by molar-refractivity contribution is -0.130. The van der Waals surface area contributed by atoms with E-state index in [1.807, 2.05) is 17.0 Å². The molecule has 2 N–H and O–H groups in total. The van der Waals surface area contributed by atoms with Gasteiger partial charge in [-0.1, -0.05) is 23.2 Å². The molecule has 1 amide bonds. The Kier molecular flexibility index (Phi) is 5.97. The first-order chi connectivity index (χ1) is 15.6. The predicted octanol–water partition coefficient (Wildman–Crippen LogP) is 3.71. The third-order valence-corrected chi connectivity index (χ3v) is 6.69. The number of hydrogen-bond donors (Lipinski definition) is 2. The van der Waals surface area contributed by atoms with Gasteiger partial charge in [0.2, 0.25) is 11.9 Å². The minimum Gasteiger partial charge on any atom is -0.350 e. The third-order valence-electron chi connectivity index (χ3n) is 6.26. The number of aromatic amines is 1. The van der Waals surface area contributed by atoms with Crippen molar-refractivity contribution in [2.75, 3.05) is 18.4 Å². The van der Waals surface area contributed by atoms with Gasteiger partial charge in [-0.3, -0.25) is 4.79 Å². The number of likely N-dealkylation sites (tertiary alicyclic amines) is 1. The molecule has 1 aliphatic heterocycles. The standard InChI is InChI=1S/C22H23Cl2N7O/c23-15-4-14(5-16(24)6-15)9-27-22-25-7-13(8-26-22)2-1-3-20(32)31-11-17-18(12-31)21(17)19-10-28-30-29-19/h4-8,10,17-18,21H,1-3,9,11-12H2,(H,25,26,27)(H,28,29,30)/t17-,18+,21?. The van der Waals surface area contributed by atoms with Gasteiger partial charge in [-0.05, 0) is 54.0 Å². The van der Waals surface area contributed by atoms with Gasteiger partial charge in [0.05, 0.1) is 11.9 Å². The van der Waals surface area contributed by atoms with Crippen molar-refractivity contribution in [2.45, 2.75) is 31.7 Å². The van der Waals surface area contributed by atoms with E-state index in [0.29, 0.717) is 46.7 Å². The van der Waals surface area contributed by atoms with Crippen LogP contribution in [0, 0.1) is 11.8 Å². The van der Waals surface area contributed by atoms with E-state index >= 15 is 0 Å². The summed E-state index contributed by atoms with van der Waals surface area (Å²) in [5.74, 6) is 2.33. The highest BCUT2D eigenvalue weighted by atomic mass is 35.5. The zero-order valence-electron chi connectivity index (χ0n) is 17.3. The molecule has 3 atom stereocenters. The fraction of sp³-hybridized carbons (Fsp3) is 0.409. The molecule has 1 aromatic carbocycles. The van der Waals surface area contributed by atoms with E-state index in [0.717, 1.165) is 42.8 Å². The maximum Gasteiger partial charge on any atom is 0.222 e. The molecule has 1 aliphatic carbocycles. The van der Waals surface area contributed by atoms with Crippen LogP contribution in [0.15, 0.2) is 36.8 Å². The molecule has 5 rings (SSSR count). The summed E-state index contributed by atoms with van der Waals surface area (Å²) < 4.78 is 0. The molecular weight excluding hydrogens is 449 g/mol. The molecule has 2 fully saturated rings. The van der Waals surface area contributed by atoms with E-state index in [9.17, 15) is 4.79 Å². The van der Waals surface area contributed by atoms with Gasteiger partial charge in [-0.2, -0.15) is 15.4 Å². The van der Waals surface area contributed by atoms with E-state index in [-0.39, 0.29) is 5.91 Å². The molecule has 1 saturated heterocycles. The van der Waals surface area contributed by atoms with Crippen molar-refractivity contribution in [3.05, 3.63) is 63.7 Å². The van der Waals surface area contributed by atoms with Gasteiger partial charge < -0.3 is 10.2 Å². The van der Waals surface area contributed by atoms with Crippen molar-refractivity contribution in [1.82, 2.24) is 30.3 Å². The van der Waals surface area contributed by atoms with Gasteiger partial charge in [0, 0.05) is 54.4 Å². The van der Waals surface area contributed by atoms with Crippen LogP contribution in [0.3, 0.4) is 0 Å². The number of hydrogen-bond acceptors (Lipinski definition) is 6. The van der Waals surface area contributed by atoms with Crippen molar-refractivity contribution < 1.29 is 4.79 Å². The Morgan fingerprint density at radius 1 is 1.06 bits per heavy atom. The summed E-state index contributed by atoms with van der Waals surface area (Å²) in [7, 11) is 0. The van der Waals surface area contributed by atoms with Gasteiger partial charge >= 0.3 is 0 Å². The second-order valence-corrected chi connectivity index (χ2v) is 9.32. The van der Waals surface area contributed by atoms with E-state index in [1.165, 1.54) is 0 Å².